The number of benzene rings is 3. The fourth-order valence-corrected chi connectivity index (χ4v) is 3.81. The van der Waals surface area contributed by atoms with Crippen molar-refractivity contribution >= 4 is 28.9 Å². The van der Waals surface area contributed by atoms with Crippen LogP contribution in [0.1, 0.15) is 35.3 Å². The van der Waals surface area contributed by atoms with Crippen LogP contribution in [0, 0.1) is 0 Å². The lowest BCUT2D eigenvalue weighted by Crippen LogP contribution is -2.33. The van der Waals surface area contributed by atoms with Crippen LogP contribution in [0.25, 0.3) is 0 Å². The molecule has 1 aliphatic rings. The van der Waals surface area contributed by atoms with Gasteiger partial charge in [-0.1, -0.05) is 47.5 Å². The summed E-state index contributed by atoms with van der Waals surface area (Å²) < 4.78 is 5.37. The van der Waals surface area contributed by atoms with E-state index in [4.69, 9.17) is 32.9 Å². The second-order valence-electron chi connectivity index (χ2n) is 6.89. The summed E-state index contributed by atoms with van der Waals surface area (Å²) in [4.78, 5) is 4.95. The van der Waals surface area contributed by atoms with Crippen molar-refractivity contribution in [3.05, 3.63) is 93.5 Å². The number of rotatable bonds is 4. The Balaban J connectivity index is 1.77. The van der Waals surface area contributed by atoms with Gasteiger partial charge >= 0.3 is 0 Å². The summed E-state index contributed by atoms with van der Waals surface area (Å²) in [5.74, 6) is 0.975. The number of aliphatic imine (C=N–C) groups is 1. The van der Waals surface area contributed by atoms with E-state index in [1.165, 1.54) is 0 Å². The van der Waals surface area contributed by atoms with Gasteiger partial charge < -0.3 is 9.84 Å². The molecule has 29 heavy (non-hydrogen) atoms. The van der Waals surface area contributed by atoms with Gasteiger partial charge in [0.05, 0.1) is 7.11 Å². The van der Waals surface area contributed by atoms with Gasteiger partial charge in [-0.05, 0) is 53.6 Å². The van der Waals surface area contributed by atoms with Gasteiger partial charge in [0.15, 0.2) is 0 Å². The fraction of sp³-hybridized carbons (Fsp3) is 0.174. The molecule has 3 aromatic carbocycles. The summed E-state index contributed by atoms with van der Waals surface area (Å²) in [5, 5.41) is 15.2. The van der Waals surface area contributed by atoms with Gasteiger partial charge in [-0.2, -0.15) is 0 Å². The van der Waals surface area contributed by atoms with Crippen molar-refractivity contribution in [2.24, 2.45) is 4.99 Å². The molecule has 0 fully saturated rings. The Kier molecular flexibility index (Phi) is 5.76. The van der Waals surface area contributed by atoms with Gasteiger partial charge in [0.25, 0.3) is 0 Å². The number of ether oxygens (including phenoxy) is 1. The van der Waals surface area contributed by atoms with Crippen LogP contribution < -0.4 is 10.1 Å². The van der Waals surface area contributed by atoms with Gasteiger partial charge in [0.1, 0.15) is 17.7 Å². The number of hydrogen-bond donors (Lipinski definition) is 2. The maximum Gasteiger partial charge on any atom is 0.126 e. The molecule has 1 aliphatic heterocycles. The number of aromatic hydroxyl groups is 1. The van der Waals surface area contributed by atoms with Crippen LogP contribution in [0.2, 0.25) is 10.0 Å². The van der Waals surface area contributed by atoms with Crippen molar-refractivity contribution < 1.29 is 9.84 Å². The van der Waals surface area contributed by atoms with E-state index in [0.29, 0.717) is 16.5 Å². The monoisotopic (exact) mass is 426 g/mol. The van der Waals surface area contributed by atoms with Crippen LogP contribution in [-0.4, -0.2) is 17.9 Å². The molecule has 2 atom stereocenters. The molecule has 0 unspecified atom stereocenters. The molecule has 0 aliphatic carbocycles. The zero-order chi connectivity index (χ0) is 20.4. The average Bonchev–Trinajstić information content (AvgIpc) is 2.75. The van der Waals surface area contributed by atoms with E-state index < -0.39 is 0 Å². The van der Waals surface area contributed by atoms with E-state index >= 15 is 0 Å². The molecule has 148 valence electrons. The molecule has 0 spiro atoms. The van der Waals surface area contributed by atoms with E-state index in [2.05, 4.69) is 5.32 Å². The summed E-state index contributed by atoms with van der Waals surface area (Å²) in [7, 11) is 1.65. The normalized spacial score (nSPS) is 18.9. The molecule has 0 saturated heterocycles. The quantitative estimate of drug-likeness (QED) is 0.543. The maximum absolute atomic E-state index is 10.4. The van der Waals surface area contributed by atoms with Gasteiger partial charge in [-0.15, -0.1) is 0 Å². The number of nitrogens with zero attached hydrogens (tertiary/aromatic N) is 1. The van der Waals surface area contributed by atoms with Crippen LogP contribution >= 0.6 is 23.2 Å². The van der Waals surface area contributed by atoms with E-state index in [1.807, 2.05) is 48.5 Å². The van der Waals surface area contributed by atoms with E-state index in [0.717, 1.165) is 28.2 Å². The summed E-state index contributed by atoms with van der Waals surface area (Å²) in [6.45, 7) is 0. The molecule has 4 nitrogen and oxygen atoms in total. The van der Waals surface area contributed by atoms with Crippen molar-refractivity contribution in [3.63, 3.8) is 0 Å². The van der Waals surface area contributed by atoms with Crippen LogP contribution in [-0.2, 0) is 0 Å². The minimum absolute atomic E-state index is 0.159. The lowest BCUT2D eigenvalue weighted by atomic mass is 9.93. The van der Waals surface area contributed by atoms with Crippen LogP contribution in [0.15, 0.2) is 71.7 Å². The molecule has 4 rings (SSSR count). The second kappa shape index (κ2) is 8.46. The Morgan fingerprint density at radius 3 is 2.52 bits per heavy atom. The molecular weight excluding hydrogens is 407 g/mol. The maximum atomic E-state index is 10.4. The highest BCUT2D eigenvalue weighted by atomic mass is 35.5. The second-order valence-corrected chi connectivity index (χ2v) is 7.76. The van der Waals surface area contributed by atoms with Gasteiger partial charge in [-0.3, -0.25) is 10.3 Å². The largest absolute Gasteiger partial charge is 0.508 e. The number of nitrogens with one attached hydrogen (secondary N) is 1. The molecule has 6 heteroatoms. The third-order valence-corrected chi connectivity index (χ3v) is 5.48. The number of halogens is 2. The molecular formula is C23H20Cl2N2O2. The predicted molar refractivity (Wildman–Crippen MR) is 117 cm³/mol. The molecule has 2 N–H and O–H groups in total. The van der Waals surface area contributed by atoms with Crippen molar-refractivity contribution in [2.45, 2.75) is 18.6 Å². The van der Waals surface area contributed by atoms with Crippen LogP contribution in [0.3, 0.4) is 0 Å². The molecule has 1 heterocycles. The number of phenolic OH excluding ortho intramolecular Hbond substituents is 1. The fourth-order valence-electron chi connectivity index (χ4n) is 3.50. The zero-order valence-corrected chi connectivity index (χ0v) is 17.3. The zero-order valence-electron chi connectivity index (χ0n) is 15.8. The first kappa shape index (κ1) is 19.8. The highest BCUT2D eigenvalue weighted by molar-refractivity contribution is 6.30. The first-order valence-corrected chi connectivity index (χ1v) is 10.00. The molecule has 0 saturated carbocycles. The SMILES string of the molecule is COc1cccc(C2=N[C@H](c3ccc(Cl)cc3)N[C@@H](c3cc(Cl)ccc3O)C2)c1. The molecule has 3 aromatic rings. The lowest BCUT2D eigenvalue weighted by Gasteiger charge is -2.31. The minimum atomic E-state index is -0.286. The minimum Gasteiger partial charge on any atom is -0.508 e. The topological polar surface area (TPSA) is 53.8 Å². The summed E-state index contributed by atoms with van der Waals surface area (Å²) in [6.07, 6.45) is 0.316. The van der Waals surface area contributed by atoms with E-state index in [9.17, 15) is 5.11 Å². The first-order valence-electron chi connectivity index (χ1n) is 9.24. The third kappa shape index (κ3) is 4.40. The standard InChI is InChI=1S/C23H20Cl2N2O2/c1-29-18-4-2-3-15(11-18)20-13-21(19-12-17(25)9-10-22(19)28)27-23(26-20)14-5-7-16(24)8-6-14/h2-12,21,23,27-28H,13H2,1H3/t21-,23+/m1/s1. The predicted octanol–water partition coefficient (Wildman–Crippen LogP) is 5.93. The summed E-state index contributed by atoms with van der Waals surface area (Å²) >= 11 is 12.3. The smallest absolute Gasteiger partial charge is 0.126 e. The molecule has 0 bridgehead atoms. The average molecular weight is 427 g/mol. The van der Waals surface area contributed by atoms with Crippen molar-refractivity contribution in [1.82, 2.24) is 5.32 Å². The highest BCUT2D eigenvalue weighted by Gasteiger charge is 2.28. The Morgan fingerprint density at radius 1 is 1.00 bits per heavy atom. The molecule has 0 amide bonds. The van der Waals surface area contributed by atoms with Gasteiger partial charge in [0.2, 0.25) is 0 Å². The Labute approximate surface area is 179 Å². The van der Waals surface area contributed by atoms with Crippen molar-refractivity contribution in [1.29, 1.82) is 0 Å². The number of methoxy groups -OCH3 is 1. The van der Waals surface area contributed by atoms with E-state index in [1.54, 1.807) is 25.3 Å². The van der Waals surface area contributed by atoms with Crippen LogP contribution in [0.5, 0.6) is 11.5 Å². The molecule has 0 aromatic heterocycles. The third-order valence-electron chi connectivity index (χ3n) is 5.00. The Bertz CT molecular complexity index is 1050. The van der Waals surface area contributed by atoms with Crippen molar-refractivity contribution in [2.75, 3.05) is 7.11 Å². The van der Waals surface area contributed by atoms with Gasteiger partial charge in [-0.25, -0.2) is 0 Å². The number of phenols is 1. The lowest BCUT2D eigenvalue weighted by molar-refractivity contribution is 0.411. The highest BCUT2D eigenvalue weighted by Crippen LogP contribution is 2.36. The summed E-state index contributed by atoms with van der Waals surface area (Å²) in [5.41, 5.74) is 3.64. The first-order chi connectivity index (χ1) is 14.0. The van der Waals surface area contributed by atoms with Crippen molar-refractivity contribution in [3.8, 4) is 11.5 Å². The van der Waals surface area contributed by atoms with Gasteiger partial charge in [0, 0.05) is 33.8 Å². The van der Waals surface area contributed by atoms with E-state index in [-0.39, 0.29) is 18.0 Å². The summed E-state index contributed by atoms with van der Waals surface area (Å²) in [6, 6.07) is 20.4. The van der Waals surface area contributed by atoms with Crippen LogP contribution in [0.4, 0.5) is 0 Å². The number of hydrogen-bond acceptors (Lipinski definition) is 4. The Hall–Kier alpha value is -2.53. The molecule has 0 radical (unpaired) electrons. The Morgan fingerprint density at radius 2 is 1.76 bits per heavy atom.